The Morgan fingerprint density at radius 2 is 2.15 bits per heavy atom. The Hall–Kier alpha value is -0.280. The molecule has 112 valence electrons. The number of hydrogen-bond donors (Lipinski definition) is 1. The van der Waals surface area contributed by atoms with E-state index in [0.717, 1.165) is 28.1 Å². The second-order valence-electron chi connectivity index (χ2n) is 5.77. The predicted molar refractivity (Wildman–Crippen MR) is 87.4 cm³/mol. The molecule has 0 aliphatic carbocycles. The van der Waals surface area contributed by atoms with Gasteiger partial charge in [-0.05, 0) is 56.0 Å². The van der Waals surface area contributed by atoms with Crippen molar-refractivity contribution in [2.75, 3.05) is 13.1 Å². The van der Waals surface area contributed by atoms with Crippen LogP contribution in [0.15, 0.2) is 18.2 Å². The van der Waals surface area contributed by atoms with Crippen molar-refractivity contribution in [3.63, 3.8) is 0 Å². The van der Waals surface area contributed by atoms with Crippen LogP contribution in [0.2, 0.25) is 10.0 Å². The zero-order valence-electron chi connectivity index (χ0n) is 12.3. The number of rotatable bonds is 4. The zero-order chi connectivity index (χ0) is 14.7. The number of nitrogens with two attached hydrogens (primary N) is 1. The quantitative estimate of drug-likeness (QED) is 0.886. The van der Waals surface area contributed by atoms with Gasteiger partial charge in [-0.2, -0.15) is 0 Å². The molecule has 1 saturated heterocycles. The summed E-state index contributed by atoms with van der Waals surface area (Å²) in [5, 5.41) is 1.53. The third-order valence-electron chi connectivity index (χ3n) is 4.63. The molecule has 20 heavy (non-hydrogen) atoms. The fourth-order valence-electron chi connectivity index (χ4n) is 3.28. The molecule has 1 aliphatic heterocycles. The molecule has 0 bridgehead atoms. The number of hydrogen-bond acceptors (Lipinski definition) is 2. The molecule has 0 amide bonds. The first-order chi connectivity index (χ1) is 9.56. The summed E-state index contributed by atoms with van der Waals surface area (Å²) < 4.78 is 0. The van der Waals surface area contributed by atoms with E-state index in [2.05, 4.69) is 18.7 Å². The largest absolute Gasteiger partial charge is 0.329 e. The summed E-state index contributed by atoms with van der Waals surface area (Å²) in [7, 11) is 0. The van der Waals surface area contributed by atoms with E-state index in [4.69, 9.17) is 28.9 Å². The molecule has 3 atom stereocenters. The Balaban J connectivity index is 2.19. The SMILES string of the molecule is CCC1CCN(C(C)c2cc(Cl)ccc2Cl)C(CN)C1. The summed E-state index contributed by atoms with van der Waals surface area (Å²) in [5.74, 6) is 0.807. The van der Waals surface area contributed by atoms with Gasteiger partial charge in [-0.1, -0.05) is 36.5 Å². The topological polar surface area (TPSA) is 29.3 Å². The van der Waals surface area contributed by atoms with Gasteiger partial charge in [-0.3, -0.25) is 4.90 Å². The highest BCUT2D eigenvalue weighted by molar-refractivity contribution is 6.33. The van der Waals surface area contributed by atoms with E-state index in [9.17, 15) is 0 Å². The summed E-state index contributed by atoms with van der Waals surface area (Å²) in [5.41, 5.74) is 7.10. The summed E-state index contributed by atoms with van der Waals surface area (Å²) in [6, 6.07) is 6.40. The third kappa shape index (κ3) is 3.48. The molecule has 4 heteroatoms. The van der Waals surface area contributed by atoms with Gasteiger partial charge in [-0.15, -0.1) is 0 Å². The standard InChI is InChI=1S/C16H24Cl2N2/c1-3-12-6-7-20(14(8-12)10-19)11(2)15-9-13(17)4-5-16(15)18/h4-5,9,11-12,14H,3,6-8,10,19H2,1-2H3. The van der Waals surface area contributed by atoms with Gasteiger partial charge in [0.1, 0.15) is 0 Å². The number of benzene rings is 1. The summed E-state index contributed by atoms with van der Waals surface area (Å²) in [6.07, 6.45) is 3.68. The van der Waals surface area contributed by atoms with Crippen LogP contribution in [0.1, 0.15) is 44.7 Å². The van der Waals surface area contributed by atoms with Crippen LogP contribution in [0.4, 0.5) is 0 Å². The normalized spacial score (nSPS) is 25.6. The second kappa shape index (κ2) is 7.13. The number of nitrogens with zero attached hydrogens (tertiary/aromatic N) is 1. The van der Waals surface area contributed by atoms with Crippen molar-refractivity contribution >= 4 is 23.2 Å². The van der Waals surface area contributed by atoms with E-state index in [-0.39, 0.29) is 6.04 Å². The lowest BCUT2D eigenvalue weighted by atomic mass is 9.87. The number of likely N-dealkylation sites (tertiary alicyclic amines) is 1. The van der Waals surface area contributed by atoms with Crippen molar-refractivity contribution < 1.29 is 0 Å². The average molecular weight is 315 g/mol. The minimum absolute atomic E-state index is 0.257. The average Bonchev–Trinajstić information content (AvgIpc) is 2.48. The Labute approximate surface area is 132 Å². The maximum Gasteiger partial charge on any atom is 0.0454 e. The van der Waals surface area contributed by atoms with Crippen molar-refractivity contribution in [2.24, 2.45) is 11.7 Å². The first kappa shape index (κ1) is 16.1. The number of piperidine rings is 1. The molecule has 1 aromatic rings. The van der Waals surface area contributed by atoms with E-state index in [0.29, 0.717) is 12.6 Å². The Morgan fingerprint density at radius 3 is 2.80 bits per heavy atom. The van der Waals surface area contributed by atoms with Crippen LogP contribution < -0.4 is 5.73 Å². The first-order valence-corrected chi connectivity index (χ1v) is 8.23. The molecule has 3 unspecified atom stereocenters. The van der Waals surface area contributed by atoms with Crippen LogP contribution in [0.3, 0.4) is 0 Å². The fourth-order valence-corrected chi connectivity index (χ4v) is 3.73. The summed E-state index contributed by atoms with van der Waals surface area (Å²) in [6.45, 7) is 6.26. The molecule has 0 saturated carbocycles. The van der Waals surface area contributed by atoms with Crippen molar-refractivity contribution in [1.29, 1.82) is 0 Å². The molecule has 2 rings (SSSR count). The molecule has 0 radical (unpaired) electrons. The van der Waals surface area contributed by atoms with Crippen LogP contribution >= 0.6 is 23.2 Å². The predicted octanol–water partition coefficient (Wildman–Crippen LogP) is 4.50. The van der Waals surface area contributed by atoms with Gasteiger partial charge >= 0.3 is 0 Å². The highest BCUT2D eigenvalue weighted by Gasteiger charge is 2.31. The van der Waals surface area contributed by atoms with Crippen LogP contribution in [0.25, 0.3) is 0 Å². The van der Waals surface area contributed by atoms with Crippen LogP contribution in [-0.2, 0) is 0 Å². The monoisotopic (exact) mass is 314 g/mol. The van der Waals surface area contributed by atoms with Crippen LogP contribution in [0.5, 0.6) is 0 Å². The molecule has 1 aromatic carbocycles. The third-order valence-corrected chi connectivity index (χ3v) is 5.20. The van der Waals surface area contributed by atoms with E-state index in [1.165, 1.54) is 19.3 Å². The Morgan fingerprint density at radius 1 is 1.40 bits per heavy atom. The van der Waals surface area contributed by atoms with E-state index < -0.39 is 0 Å². The minimum Gasteiger partial charge on any atom is -0.329 e. The van der Waals surface area contributed by atoms with Crippen molar-refractivity contribution in [3.05, 3.63) is 33.8 Å². The van der Waals surface area contributed by atoms with E-state index in [1.54, 1.807) is 0 Å². The molecular formula is C16H24Cl2N2. The molecule has 1 fully saturated rings. The van der Waals surface area contributed by atoms with Gasteiger partial charge < -0.3 is 5.73 Å². The van der Waals surface area contributed by atoms with Crippen molar-refractivity contribution in [1.82, 2.24) is 4.90 Å². The zero-order valence-corrected chi connectivity index (χ0v) is 13.8. The van der Waals surface area contributed by atoms with Gasteiger partial charge in [0.25, 0.3) is 0 Å². The molecule has 1 aliphatic rings. The van der Waals surface area contributed by atoms with Crippen molar-refractivity contribution in [2.45, 2.75) is 45.2 Å². The lowest BCUT2D eigenvalue weighted by molar-refractivity contribution is 0.0773. The molecule has 2 N–H and O–H groups in total. The molecule has 0 spiro atoms. The molecular weight excluding hydrogens is 291 g/mol. The van der Waals surface area contributed by atoms with E-state index in [1.807, 2.05) is 18.2 Å². The maximum absolute atomic E-state index is 6.34. The van der Waals surface area contributed by atoms with Gasteiger partial charge in [0.05, 0.1) is 0 Å². The minimum atomic E-state index is 0.257. The molecule has 0 aromatic heterocycles. The smallest absolute Gasteiger partial charge is 0.0454 e. The van der Waals surface area contributed by atoms with Crippen LogP contribution in [0, 0.1) is 5.92 Å². The second-order valence-corrected chi connectivity index (χ2v) is 6.61. The Kier molecular flexibility index (Phi) is 5.74. The highest BCUT2D eigenvalue weighted by Crippen LogP contribution is 2.35. The van der Waals surface area contributed by atoms with Gasteiger partial charge in [0.2, 0.25) is 0 Å². The molecule has 1 heterocycles. The van der Waals surface area contributed by atoms with Crippen molar-refractivity contribution in [3.8, 4) is 0 Å². The van der Waals surface area contributed by atoms with Crippen LogP contribution in [-0.4, -0.2) is 24.0 Å². The number of halogens is 2. The van der Waals surface area contributed by atoms with Gasteiger partial charge in [-0.25, -0.2) is 0 Å². The lowest BCUT2D eigenvalue weighted by Crippen LogP contribution is -2.47. The van der Waals surface area contributed by atoms with Gasteiger partial charge in [0.15, 0.2) is 0 Å². The lowest BCUT2D eigenvalue weighted by Gasteiger charge is -2.42. The Bertz CT molecular complexity index is 450. The first-order valence-electron chi connectivity index (χ1n) is 7.47. The fraction of sp³-hybridized carbons (Fsp3) is 0.625. The van der Waals surface area contributed by atoms with Gasteiger partial charge in [0, 0.05) is 28.7 Å². The highest BCUT2D eigenvalue weighted by atomic mass is 35.5. The molecule has 2 nitrogen and oxygen atoms in total. The maximum atomic E-state index is 6.34. The van der Waals surface area contributed by atoms with E-state index >= 15 is 0 Å². The summed E-state index contributed by atoms with van der Waals surface area (Å²) >= 11 is 12.5. The summed E-state index contributed by atoms with van der Waals surface area (Å²) in [4.78, 5) is 2.49.